The first-order valence-corrected chi connectivity index (χ1v) is 3.80. The molecule has 1 rings (SSSR count). The maximum atomic E-state index is 5.22. The number of aryl methyl sites for hydroxylation is 1. The Balaban J connectivity index is 0.00000144. The molecule has 0 atom stereocenters. The summed E-state index contributed by atoms with van der Waals surface area (Å²) in [6, 6.07) is 8.03. The molecule has 0 aliphatic rings. The van der Waals surface area contributed by atoms with Gasteiger partial charge in [0, 0.05) is 0 Å². The molecule has 0 spiro atoms. The van der Waals surface area contributed by atoms with Gasteiger partial charge in [-0.15, -0.1) is 12.4 Å². The van der Waals surface area contributed by atoms with Crippen molar-refractivity contribution < 1.29 is 0 Å². The summed E-state index contributed by atoms with van der Waals surface area (Å²) in [6.45, 7) is 2.60. The van der Waals surface area contributed by atoms with Crippen LogP contribution in [0.15, 0.2) is 29.3 Å². The summed E-state index contributed by atoms with van der Waals surface area (Å²) in [6.07, 6.45) is 0. The van der Waals surface area contributed by atoms with Gasteiger partial charge in [-0.25, -0.2) is 4.99 Å². The normalized spacial score (nSPS) is 8.69. The molecule has 4 N–H and O–H groups in total. The van der Waals surface area contributed by atoms with Crippen molar-refractivity contribution >= 4 is 18.4 Å². The van der Waals surface area contributed by atoms with Gasteiger partial charge in [0.15, 0.2) is 5.96 Å². The van der Waals surface area contributed by atoms with Crippen molar-refractivity contribution in [3.63, 3.8) is 0 Å². The Morgan fingerprint density at radius 1 is 1.31 bits per heavy atom. The lowest BCUT2D eigenvalue weighted by Crippen LogP contribution is -2.22. The molecule has 1 aromatic rings. The van der Waals surface area contributed by atoms with E-state index in [0.29, 0.717) is 6.54 Å². The fraction of sp³-hybridized carbons (Fsp3) is 0.222. The molecule has 4 heteroatoms. The topological polar surface area (TPSA) is 64.4 Å². The van der Waals surface area contributed by atoms with E-state index < -0.39 is 0 Å². The molecule has 0 saturated heterocycles. The van der Waals surface area contributed by atoms with Crippen LogP contribution in [-0.4, -0.2) is 5.96 Å². The highest BCUT2D eigenvalue weighted by Gasteiger charge is 1.93. The van der Waals surface area contributed by atoms with Crippen LogP contribution in [0.25, 0.3) is 0 Å². The van der Waals surface area contributed by atoms with Gasteiger partial charge in [0.1, 0.15) is 0 Å². The van der Waals surface area contributed by atoms with Gasteiger partial charge in [0.25, 0.3) is 0 Å². The minimum Gasteiger partial charge on any atom is -0.370 e. The first-order valence-electron chi connectivity index (χ1n) is 3.80. The second-order valence-corrected chi connectivity index (χ2v) is 2.67. The lowest BCUT2D eigenvalue weighted by atomic mass is 10.1. The Morgan fingerprint density at radius 3 is 2.46 bits per heavy atom. The Hall–Kier alpha value is -1.22. The zero-order valence-corrected chi connectivity index (χ0v) is 8.34. The Kier molecular flexibility index (Phi) is 4.92. The number of benzene rings is 1. The van der Waals surface area contributed by atoms with Crippen LogP contribution < -0.4 is 11.5 Å². The van der Waals surface area contributed by atoms with Crippen LogP contribution >= 0.6 is 12.4 Å². The summed E-state index contributed by atoms with van der Waals surface area (Å²) in [5.74, 6) is 0.137. The summed E-state index contributed by atoms with van der Waals surface area (Å²) in [7, 11) is 0. The summed E-state index contributed by atoms with van der Waals surface area (Å²) in [5, 5.41) is 0. The lowest BCUT2D eigenvalue weighted by Gasteiger charge is -2.00. The average molecular weight is 200 g/mol. The molecule has 0 fully saturated rings. The summed E-state index contributed by atoms with van der Waals surface area (Å²) >= 11 is 0. The second-order valence-electron chi connectivity index (χ2n) is 2.67. The molecule has 0 aliphatic heterocycles. The molecule has 0 aliphatic carbocycles. The van der Waals surface area contributed by atoms with Gasteiger partial charge in [0.2, 0.25) is 0 Å². The Morgan fingerprint density at radius 2 is 1.92 bits per heavy atom. The zero-order chi connectivity index (χ0) is 8.97. The van der Waals surface area contributed by atoms with Gasteiger partial charge in [-0.3, -0.25) is 0 Å². The highest BCUT2D eigenvalue weighted by atomic mass is 35.5. The van der Waals surface area contributed by atoms with Crippen LogP contribution in [-0.2, 0) is 6.54 Å². The summed E-state index contributed by atoms with van der Waals surface area (Å²) in [5.41, 5.74) is 12.8. The fourth-order valence-electron chi connectivity index (χ4n) is 0.964. The van der Waals surface area contributed by atoms with E-state index in [1.807, 2.05) is 31.2 Å². The maximum Gasteiger partial charge on any atom is 0.186 e. The molecule has 0 heterocycles. The van der Waals surface area contributed by atoms with Crippen LogP contribution in [0.5, 0.6) is 0 Å². The minimum absolute atomic E-state index is 0. The quantitative estimate of drug-likeness (QED) is 0.555. The van der Waals surface area contributed by atoms with E-state index in [1.54, 1.807) is 0 Å². The van der Waals surface area contributed by atoms with Crippen molar-refractivity contribution in [2.45, 2.75) is 13.5 Å². The molecule has 0 amide bonds. The van der Waals surface area contributed by atoms with E-state index in [1.165, 1.54) is 5.56 Å². The largest absolute Gasteiger partial charge is 0.370 e. The van der Waals surface area contributed by atoms with Gasteiger partial charge >= 0.3 is 0 Å². The smallest absolute Gasteiger partial charge is 0.186 e. The molecule has 0 radical (unpaired) electrons. The van der Waals surface area contributed by atoms with Gasteiger partial charge in [-0.05, 0) is 18.1 Å². The van der Waals surface area contributed by atoms with Crippen molar-refractivity contribution in [2.24, 2.45) is 16.5 Å². The Labute approximate surface area is 84.3 Å². The van der Waals surface area contributed by atoms with Crippen molar-refractivity contribution in [3.8, 4) is 0 Å². The number of nitrogens with zero attached hydrogens (tertiary/aromatic N) is 1. The summed E-state index contributed by atoms with van der Waals surface area (Å²) in [4.78, 5) is 3.93. The highest BCUT2D eigenvalue weighted by molar-refractivity contribution is 5.85. The van der Waals surface area contributed by atoms with E-state index in [4.69, 9.17) is 11.5 Å². The van der Waals surface area contributed by atoms with Crippen molar-refractivity contribution in [1.29, 1.82) is 0 Å². The number of rotatable bonds is 2. The fourth-order valence-corrected chi connectivity index (χ4v) is 0.964. The minimum atomic E-state index is 0. The van der Waals surface area contributed by atoms with Crippen LogP contribution in [0.3, 0.4) is 0 Å². The third kappa shape index (κ3) is 3.80. The maximum absolute atomic E-state index is 5.22. The molecule has 13 heavy (non-hydrogen) atoms. The van der Waals surface area contributed by atoms with Gasteiger partial charge in [-0.2, -0.15) is 0 Å². The van der Waals surface area contributed by atoms with Gasteiger partial charge in [-0.1, -0.05) is 24.3 Å². The number of aliphatic imine (C=N–C) groups is 1. The number of guanidine groups is 1. The van der Waals surface area contributed by atoms with E-state index in [2.05, 4.69) is 4.99 Å². The molecule has 1 aromatic carbocycles. The molecule has 3 nitrogen and oxygen atoms in total. The van der Waals surface area contributed by atoms with Crippen molar-refractivity contribution in [3.05, 3.63) is 35.4 Å². The molecule has 0 saturated carbocycles. The zero-order valence-electron chi connectivity index (χ0n) is 7.53. The first-order chi connectivity index (χ1) is 5.70. The lowest BCUT2D eigenvalue weighted by molar-refractivity contribution is 1.04. The highest BCUT2D eigenvalue weighted by Crippen LogP contribution is 2.07. The SMILES string of the molecule is Cc1ccccc1CN=C(N)N.Cl. The first kappa shape index (κ1) is 11.8. The molecule has 72 valence electrons. The monoisotopic (exact) mass is 199 g/mol. The van der Waals surface area contributed by atoms with E-state index in [0.717, 1.165) is 5.56 Å². The predicted octanol–water partition coefficient (Wildman–Crippen LogP) is 1.19. The molecule has 0 aromatic heterocycles. The molecular weight excluding hydrogens is 186 g/mol. The van der Waals surface area contributed by atoms with Crippen LogP contribution in [0.1, 0.15) is 11.1 Å². The average Bonchev–Trinajstić information content (AvgIpc) is 2.03. The molecule has 0 bridgehead atoms. The second kappa shape index (κ2) is 5.43. The van der Waals surface area contributed by atoms with Crippen molar-refractivity contribution in [1.82, 2.24) is 0 Å². The molecular formula is C9H14ClN3. The standard InChI is InChI=1S/C9H13N3.ClH/c1-7-4-2-3-5-8(7)6-12-9(10)11;/h2-5H,6H2,1H3,(H4,10,11,12);1H. The van der Waals surface area contributed by atoms with E-state index >= 15 is 0 Å². The molecule has 0 unspecified atom stereocenters. The third-order valence-corrected chi connectivity index (χ3v) is 1.69. The number of hydrogen-bond acceptors (Lipinski definition) is 1. The van der Waals surface area contributed by atoms with Gasteiger partial charge in [0.05, 0.1) is 6.54 Å². The third-order valence-electron chi connectivity index (χ3n) is 1.69. The predicted molar refractivity (Wildman–Crippen MR) is 57.9 cm³/mol. The number of nitrogens with two attached hydrogens (primary N) is 2. The van der Waals surface area contributed by atoms with Crippen LogP contribution in [0, 0.1) is 6.92 Å². The Bertz CT molecular complexity index is 293. The van der Waals surface area contributed by atoms with Crippen LogP contribution in [0.4, 0.5) is 0 Å². The van der Waals surface area contributed by atoms with E-state index in [9.17, 15) is 0 Å². The number of halogens is 1. The van der Waals surface area contributed by atoms with Crippen LogP contribution in [0.2, 0.25) is 0 Å². The summed E-state index contributed by atoms with van der Waals surface area (Å²) < 4.78 is 0. The van der Waals surface area contributed by atoms with Gasteiger partial charge < -0.3 is 11.5 Å². The number of hydrogen-bond donors (Lipinski definition) is 2. The van der Waals surface area contributed by atoms with E-state index in [-0.39, 0.29) is 18.4 Å². The van der Waals surface area contributed by atoms with Crippen molar-refractivity contribution in [2.75, 3.05) is 0 Å².